The zero-order chi connectivity index (χ0) is 13.3. The van der Waals surface area contributed by atoms with Crippen LogP contribution in [-0.4, -0.2) is 6.79 Å². The number of hydrogen-bond donors (Lipinski definition) is 0. The van der Waals surface area contributed by atoms with E-state index in [9.17, 15) is 0 Å². The van der Waals surface area contributed by atoms with Crippen LogP contribution in [0.2, 0.25) is 0 Å². The van der Waals surface area contributed by atoms with Gasteiger partial charge in [-0.3, -0.25) is 0 Å². The van der Waals surface area contributed by atoms with Crippen LogP contribution in [0, 0.1) is 0 Å². The summed E-state index contributed by atoms with van der Waals surface area (Å²) in [4.78, 5) is 8.00. The molecule has 0 aromatic carbocycles. The zero-order valence-electron chi connectivity index (χ0n) is 11.7. The molecular formula is C17H26CoO. The molecule has 0 fully saturated rings. The summed E-state index contributed by atoms with van der Waals surface area (Å²) >= 11 is 0. The smallest absolute Gasteiger partial charge is 0.106 e. The molecule has 0 aliphatic heterocycles. The third-order valence-electron chi connectivity index (χ3n) is 2.67. The molecule has 0 amide bonds. The standard InChI is InChI=1S/2C8H12.CH2O.Co/c2*1-2-4-6-8-7-5-3-1;1-2;/h2*1-2,7-8H,3-6H2;1H2;/b2*2-1-,8-7?;;. The van der Waals surface area contributed by atoms with Gasteiger partial charge in [-0.2, -0.15) is 0 Å². The van der Waals surface area contributed by atoms with Gasteiger partial charge in [0.25, 0.3) is 0 Å². The molecule has 0 unspecified atom stereocenters. The maximum atomic E-state index is 8.00. The fourth-order valence-electron chi connectivity index (χ4n) is 1.71. The van der Waals surface area contributed by atoms with Gasteiger partial charge in [0.2, 0.25) is 0 Å². The van der Waals surface area contributed by atoms with E-state index in [-0.39, 0.29) is 16.8 Å². The molecule has 2 heteroatoms. The van der Waals surface area contributed by atoms with Crippen molar-refractivity contribution in [3.05, 3.63) is 48.6 Å². The first-order valence-electron chi connectivity index (χ1n) is 6.89. The Hall–Kier alpha value is -0.864. The molecule has 2 aliphatic rings. The van der Waals surface area contributed by atoms with Crippen LogP contribution in [0.15, 0.2) is 48.6 Å². The van der Waals surface area contributed by atoms with Crippen LogP contribution in [0.1, 0.15) is 51.4 Å². The summed E-state index contributed by atoms with van der Waals surface area (Å²) in [5.41, 5.74) is 0. The van der Waals surface area contributed by atoms with Crippen molar-refractivity contribution >= 4 is 6.79 Å². The van der Waals surface area contributed by atoms with E-state index in [4.69, 9.17) is 4.79 Å². The average Bonchev–Trinajstić information content (AvgIpc) is 2.30. The number of carbonyl (C=O) groups excluding carboxylic acids is 1. The summed E-state index contributed by atoms with van der Waals surface area (Å²) in [5, 5.41) is 0. The van der Waals surface area contributed by atoms with E-state index in [2.05, 4.69) is 48.6 Å². The van der Waals surface area contributed by atoms with Crippen molar-refractivity contribution < 1.29 is 21.6 Å². The largest absolute Gasteiger partial charge is 0.307 e. The third kappa shape index (κ3) is 17.1. The van der Waals surface area contributed by atoms with E-state index < -0.39 is 0 Å². The average molecular weight is 305 g/mol. The van der Waals surface area contributed by atoms with Crippen LogP contribution in [-0.2, 0) is 21.6 Å². The molecule has 19 heavy (non-hydrogen) atoms. The van der Waals surface area contributed by atoms with E-state index in [0.29, 0.717) is 0 Å². The minimum Gasteiger partial charge on any atom is -0.307 e. The van der Waals surface area contributed by atoms with Gasteiger partial charge in [0.15, 0.2) is 0 Å². The minimum absolute atomic E-state index is 0. The quantitative estimate of drug-likeness (QED) is 0.565. The molecular weight excluding hydrogens is 279 g/mol. The number of allylic oxidation sites excluding steroid dienone is 8. The molecule has 0 heterocycles. The Bertz CT molecular complexity index is 197. The van der Waals surface area contributed by atoms with Crippen molar-refractivity contribution in [3.8, 4) is 0 Å². The molecule has 0 saturated carbocycles. The zero-order valence-corrected chi connectivity index (χ0v) is 12.8. The third-order valence-corrected chi connectivity index (χ3v) is 2.67. The Labute approximate surface area is 128 Å². The Morgan fingerprint density at radius 1 is 0.421 bits per heavy atom. The fraction of sp³-hybridized carbons (Fsp3) is 0.471. The van der Waals surface area contributed by atoms with Crippen molar-refractivity contribution in [1.82, 2.24) is 0 Å². The molecule has 109 valence electrons. The summed E-state index contributed by atoms with van der Waals surface area (Å²) in [6, 6.07) is 0. The summed E-state index contributed by atoms with van der Waals surface area (Å²) in [7, 11) is 0. The first kappa shape index (κ1) is 20.5. The second-order valence-electron chi connectivity index (χ2n) is 4.20. The first-order valence-corrected chi connectivity index (χ1v) is 6.89. The summed E-state index contributed by atoms with van der Waals surface area (Å²) < 4.78 is 0. The van der Waals surface area contributed by atoms with Gasteiger partial charge in [0.1, 0.15) is 6.79 Å². The van der Waals surface area contributed by atoms with Gasteiger partial charge in [-0.25, -0.2) is 0 Å². The molecule has 1 nitrogen and oxygen atoms in total. The van der Waals surface area contributed by atoms with E-state index in [0.717, 1.165) is 0 Å². The van der Waals surface area contributed by atoms with Crippen molar-refractivity contribution in [1.29, 1.82) is 0 Å². The molecule has 0 N–H and O–H groups in total. The predicted octanol–water partition coefficient (Wildman–Crippen LogP) is 5.16. The molecule has 0 saturated heterocycles. The molecule has 0 aromatic heterocycles. The Kier molecular flexibility index (Phi) is 21.0. The summed E-state index contributed by atoms with van der Waals surface area (Å²) in [5.74, 6) is 0. The monoisotopic (exact) mass is 305 g/mol. The van der Waals surface area contributed by atoms with E-state index in [1.54, 1.807) is 0 Å². The van der Waals surface area contributed by atoms with Crippen molar-refractivity contribution in [2.75, 3.05) is 0 Å². The van der Waals surface area contributed by atoms with E-state index >= 15 is 0 Å². The number of rotatable bonds is 0. The maximum absolute atomic E-state index is 8.00. The topological polar surface area (TPSA) is 17.1 Å². The van der Waals surface area contributed by atoms with Crippen molar-refractivity contribution in [2.45, 2.75) is 51.4 Å². The van der Waals surface area contributed by atoms with Gasteiger partial charge in [-0.15, -0.1) is 0 Å². The van der Waals surface area contributed by atoms with Gasteiger partial charge in [-0.1, -0.05) is 48.6 Å². The van der Waals surface area contributed by atoms with Gasteiger partial charge in [0, 0.05) is 16.8 Å². The van der Waals surface area contributed by atoms with Crippen molar-refractivity contribution in [2.24, 2.45) is 0 Å². The van der Waals surface area contributed by atoms with Crippen LogP contribution in [0.25, 0.3) is 0 Å². The van der Waals surface area contributed by atoms with Crippen LogP contribution >= 0.6 is 0 Å². The molecule has 0 bridgehead atoms. The van der Waals surface area contributed by atoms with Gasteiger partial charge in [-0.05, 0) is 51.4 Å². The number of carbonyl (C=O) groups is 1. The van der Waals surface area contributed by atoms with Crippen LogP contribution in [0.5, 0.6) is 0 Å². The van der Waals surface area contributed by atoms with E-state index in [1.165, 1.54) is 51.4 Å². The first-order chi connectivity index (χ1) is 9.00. The summed E-state index contributed by atoms with van der Waals surface area (Å²) in [6.07, 6.45) is 28.0. The predicted molar refractivity (Wildman–Crippen MR) is 80.6 cm³/mol. The fourth-order valence-corrected chi connectivity index (χ4v) is 1.71. The molecule has 0 spiro atoms. The Morgan fingerprint density at radius 3 is 0.632 bits per heavy atom. The second kappa shape index (κ2) is 19.5. The van der Waals surface area contributed by atoms with E-state index in [1.807, 2.05) is 6.79 Å². The molecule has 1 radical (unpaired) electrons. The molecule has 0 aromatic rings. The van der Waals surface area contributed by atoms with Crippen LogP contribution in [0.4, 0.5) is 0 Å². The van der Waals surface area contributed by atoms with Crippen LogP contribution in [0.3, 0.4) is 0 Å². The minimum atomic E-state index is 0. The SMILES string of the molecule is C1=CCC/C=C\CC1.C1=CCC/C=C\CC1.C=O.[Co]. The molecule has 0 atom stereocenters. The second-order valence-corrected chi connectivity index (χ2v) is 4.20. The van der Waals surface area contributed by atoms with Gasteiger partial charge < -0.3 is 4.79 Å². The Morgan fingerprint density at radius 2 is 0.526 bits per heavy atom. The van der Waals surface area contributed by atoms with Crippen molar-refractivity contribution in [3.63, 3.8) is 0 Å². The summed E-state index contributed by atoms with van der Waals surface area (Å²) in [6.45, 7) is 2.00. The van der Waals surface area contributed by atoms with Gasteiger partial charge >= 0.3 is 0 Å². The molecule has 2 rings (SSSR count). The molecule has 2 aliphatic carbocycles. The number of hydrogen-bond acceptors (Lipinski definition) is 1. The Balaban J connectivity index is 0. The van der Waals surface area contributed by atoms with Gasteiger partial charge in [0.05, 0.1) is 0 Å². The maximum Gasteiger partial charge on any atom is 0.106 e. The normalized spacial score (nSPS) is 20.4. The van der Waals surface area contributed by atoms with Crippen LogP contribution < -0.4 is 0 Å².